The van der Waals surface area contributed by atoms with Crippen molar-refractivity contribution >= 4 is 28.4 Å². The molecule has 4 aromatic rings. The maximum Gasteiger partial charge on any atom is 0.255 e. The van der Waals surface area contributed by atoms with Crippen molar-refractivity contribution in [1.82, 2.24) is 14.8 Å². The molecule has 7 nitrogen and oxygen atoms in total. The molecule has 7 heteroatoms. The van der Waals surface area contributed by atoms with E-state index in [0.29, 0.717) is 31.7 Å². The van der Waals surface area contributed by atoms with Gasteiger partial charge < -0.3 is 24.4 Å². The Labute approximate surface area is 216 Å². The number of anilines is 1. The van der Waals surface area contributed by atoms with Crippen LogP contribution in [0.1, 0.15) is 33.2 Å². The molecular formula is C30H30N4O3. The van der Waals surface area contributed by atoms with E-state index in [1.54, 1.807) is 12.0 Å². The number of hydrogen-bond donors (Lipinski definition) is 1. The summed E-state index contributed by atoms with van der Waals surface area (Å²) in [5, 5.41) is 1.08. The molecule has 1 fully saturated rings. The number of nitrogens with one attached hydrogen (secondary N) is 1. The number of aromatic nitrogens is 1. The monoisotopic (exact) mass is 494 g/mol. The lowest BCUT2D eigenvalue weighted by Gasteiger charge is -2.37. The van der Waals surface area contributed by atoms with Crippen molar-refractivity contribution in [3.8, 4) is 5.75 Å². The van der Waals surface area contributed by atoms with Gasteiger partial charge in [-0.25, -0.2) is 0 Å². The molecule has 1 saturated heterocycles. The van der Waals surface area contributed by atoms with Gasteiger partial charge in [0.05, 0.1) is 18.8 Å². The number of H-pyrrole nitrogens is 1. The number of methoxy groups -OCH3 is 1. The van der Waals surface area contributed by atoms with E-state index in [0.717, 1.165) is 39.2 Å². The van der Waals surface area contributed by atoms with Gasteiger partial charge in [0.15, 0.2) is 0 Å². The molecule has 188 valence electrons. The van der Waals surface area contributed by atoms with E-state index in [4.69, 9.17) is 4.74 Å². The number of piperazine rings is 1. The van der Waals surface area contributed by atoms with Crippen molar-refractivity contribution < 1.29 is 14.3 Å². The fourth-order valence-corrected chi connectivity index (χ4v) is 5.83. The molecule has 0 unspecified atom stereocenters. The van der Waals surface area contributed by atoms with E-state index in [2.05, 4.69) is 16.0 Å². The van der Waals surface area contributed by atoms with Crippen LogP contribution >= 0.6 is 0 Å². The van der Waals surface area contributed by atoms with Crippen LogP contribution in [-0.4, -0.2) is 66.4 Å². The molecule has 0 aliphatic carbocycles. The summed E-state index contributed by atoms with van der Waals surface area (Å²) < 4.78 is 5.52. The minimum absolute atomic E-state index is 0.0247. The van der Waals surface area contributed by atoms with E-state index in [-0.39, 0.29) is 24.4 Å². The molecule has 2 aliphatic rings. The zero-order valence-corrected chi connectivity index (χ0v) is 21.1. The van der Waals surface area contributed by atoms with Gasteiger partial charge in [0, 0.05) is 53.9 Å². The van der Waals surface area contributed by atoms with Crippen molar-refractivity contribution in [2.45, 2.75) is 13.0 Å². The summed E-state index contributed by atoms with van der Waals surface area (Å²) in [5.74, 6) is 0.717. The first kappa shape index (κ1) is 23.2. The molecule has 1 atom stereocenters. The molecule has 3 aromatic carbocycles. The van der Waals surface area contributed by atoms with Gasteiger partial charge in [-0.3, -0.25) is 9.59 Å². The summed E-state index contributed by atoms with van der Waals surface area (Å²) in [6, 6.07) is 23.5. The molecule has 2 amide bonds. The second kappa shape index (κ2) is 9.32. The van der Waals surface area contributed by atoms with Crippen LogP contribution in [0.5, 0.6) is 5.75 Å². The van der Waals surface area contributed by atoms with Crippen LogP contribution in [0.15, 0.2) is 72.8 Å². The number of aromatic amines is 1. The zero-order chi connectivity index (χ0) is 25.5. The number of rotatable bonds is 5. The maximum absolute atomic E-state index is 13.6. The lowest BCUT2D eigenvalue weighted by Crippen LogP contribution is -2.51. The Hall–Kier alpha value is -4.26. The Kier molecular flexibility index (Phi) is 5.83. The number of benzene rings is 3. The van der Waals surface area contributed by atoms with E-state index in [1.165, 1.54) is 0 Å². The highest BCUT2D eigenvalue weighted by molar-refractivity contribution is 6.02. The van der Waals surface area contributed by atoms with Gasteiger partial charge in [-0.15, -0.1) is 0 Å². The third-order valence-electron chi connectivity index (χ3n) is 7.64. The van der Waals surface area contributed by atoms with Crippen LogP contribution in [0, 0.1) is 6.92 Å². The lowest BCUT2D eigenvalue weighted by atomic mass is 9.95. The molecule has 1 aromatic heterocycles. The zero-order valence-electron chi connectivity index (χ0n) is 21.1. The Morgan fingerprint density at radius 3 is 2.46 bits per heavy atom. The molecule has 3 heterocycles. The van der Waals surface area contributed by atoms with Gasteiger partial charge in [0.1, 0.15) is 12.3 Å². The highest BCUT2D eigenvalue weighted by atomic mass is 16.5. The van der Waals surface area contributed by atoms with Crippen molar-refractivity contribution in [2.24, 2.45) is 0 Å². The molecule has 6 rings (SSSR count). The van der Waals surface area contributed by atoms with Crippen LogP contribution in [0.3, 0.4) is 0 Å². The molecular weight excluding hydrogens is 464 g/mol. The van der Waals surface area contributed by atoms with Gasteiger partial charge in [0.25, 0.3) is 5.91 Å². The van der Waals surface area contributed by atoms with E-state index in [9.17, 15) is 9.59 Å². The van der Waals surface area contributed by atoms with Gasteiger partial charge in [-0.1, -0.05) is 48.5 Å². The topological polar surface area (TPSA) is 68.9 Å². The lowest BCUT2D eigenvalue weighted by molar-refractivity contribution is -0.132. The molecule has 37 heavy (non-hydrogen) atoms. The van der Waals surface area contributed by atoms with Gasteiger partial charge in [-0.2, -0.15) is 0 Å². The largest absolute Gasteiger partial charge is 0.495 e. The number of amides is 2. The molecule has 0 radical (unpaired) electrons. The SMILES string of the molecule is COc1ccccc1N1CCN(C(=O)CN2C(=O)c3ccccc3[C@H]2c2c(C)[nH]c3ccccc23)CC1. The van der Waals surface area contributed by atoms with Crippen molar-refractivity contribution in [3.05, 3.63) is 95.2 Å². The first-order valence-electron chi connectivity index (χ1n) is 12.7. The second-order valence-electron chi connectivity index (χ2n) is 9.67. The van der Waals surface area contributed by atoms with Crippen LogP contribution < -0.4 is 9.64 Å². The summed E-state index contributed by atoms with van der Waals surface area (Å²) >= 11 is 0. The number of carbonyl (C=O) groups excluding carboxylic acids is 2. The Morgan fingerprint density at radius 1 is 0.946 bits per heavy atom. The first-order valence-corrected chi connectivity index (χ1v) is 12.7. The van der Waals surface area contributed by atoms with E-state index >= 15 is 0 Å². The van der Waals surface area contributed by atoms with E-state index < -0.39 is 0 Å². The van der Waals surface area contributed by atoms with Gasteiger partial charge in [0.2, 0.25) is 5.91 Å². The highest BCUT2D eigenvalue weighted by Gasteiger charge is 2.41. The van der Waals surface area contributed by atoms with Gasteiger partial charge in [-0.05, 0) is 36.8 Å². The fourth-order valence-electron chi connectivity index (χ4n) is 5.83. The standard InChI is InChI=1S/C30H30N4O3/c1-20-28(23-11-5-6-12-24(23)31-20)29-21-9-3-4-10-22(21)30(36)34(29)19-27(35)33-17-15-32(16-18-33)25-13-7-8-14-26(25)37-2/h3-14,29,31H,15-19H2,1-2H3/t29-/m0/s1. The third kappa shape index (κ3) is 3.91. The predicted molar refractivity (Wildman–Crippen MR) is 144 cm³/mol. The first-order chi connectivity index (χ1) is 18.1. The second-order valence-corrected chi connectivity index (χ2v) is 9.67. The number of carbonyl (C=O) groups is 2. The van der Waals surface area contributed by atoms with E-state index in [1.807, 2.05) is 78.6 Å². The number of fused-ring (bicyclic) bond motifs is 2. The Morgan fingerprint density at radius 2 is 1.65 bits per heavy atom. The Bertz CT molecular complexity index is 1490. The maximum atomic E-state index is 13.6. The summed E-state index contributed by atoms with van der Waals surface area (Å²) in [5.41, 5.74) is 5.77. The van der Waals surface area contributed by atoms with Crippen molar-refractivity contribution in [2.75, 3.05) is 44.7 Å². The highest BCUT2D eigenvalue weighted by Crippen LogP contribution is 2.42. The number of hydrogen-bond acceptors (Lipinski definition) is 4. The molecule has 1 N–H and O–H groups in total. The number of ether oxygens (including phenoxy) is 1. The number of aryl methyl sites for hydroxylation is 1. The van der Waals surface area contributed by atoms with Crippen molar-refractivity contribution in [1.29, 1.82) is 0 Å². The minimum Gasteiger partial charge on any atom is -0.495 e. The summed E-state index contributed by atoms with van der Waals surface area (Å²) in [7, 11) is 1.68. The van der Waals surface area contributed by atoms with Crippen LogP contribution in [-0.2, 0) is 4.79 Å². The molecule has 0 spiro atoms. The average molecular weight is 495 g/mol. The average Bonchev–Trinajstić information content (AvgIpc) is 3.41. The summed E-state index contributed by atoms with van der Waals surface area (Å²) in [6.07, 6.45) is 0. The van der Waals surface area contributed by atoms with Crippen LogP contribution in [0.4, 0.5) is 5.69 Å². The summed E-state index contributed by atoms with van der Waals surface area (Å²) in [4.78, 5) is 36.5. The fraction of sp³-hybridized carbons (Fsp3) is 0.267. The molecule has 0 saturated carbocycles. The van der Waals surface area contributed by atoms with Crippen LogP contribution in [0.25, 0.3) is 10.9 Å². The number of para-hydroxylation sites is 3. The third-order valence-corrected chi connectivity index (χ3v) is 7.64. The number of nitrogens with zero attached hydrogens (tertiary/aromatic N) is 3. The van der Waals surface area contributed by atoms with Crippen LogP contribution in [0.2, 0.25) is 0 Å². The quantitative estimate of drug-likeness (QED) is 0.447. The summed E-state index contributed by atoms with van der Waals surface area (Å²) in [6.45, 7) is 4.71. The predicted octanol–water partition coefficient (Wildman–Crippen LogP) is 4.38. The van der Waals surface area contributed by atoms with Gasteiger partial charge >= 0.3 is 0 Å². The smallest absolute Gasteiger partial charge is 0.255 e. The molecule has 2 aliphatic heterocycles. The Balaban J connectivity index is 1.25. The van der Waals surface area contributed by atoms with Crippen molar-refractivity contribution in [3.63, 3.8) is 0 Å². The molecule has 0 bridgehead atoms. The minimum atomic E-state index is -0.307. The normalized spacial score (nSPS) is 17.4.